The van der Waals surface area contributed by atoms with Gasteiger partial charge in [0, 0.05) is 12.4 Å². The van der Waals surface area contributed by atoms with Crippen molar-refractivity contribution < 1.29 is 14.1 Å². The molecule has 3 aromatic rings. The van der Waals surface area contributed by atoms with E-state index in [1.807, 2.05) is 12.1 Å². The molecule has 2 amide bonds. The third kappa shape index (κ3) is 3.88. The van der Waals surface area contributed by atoms with Gasteiger partial charge in [-0.3, -0.25) is 14.6 Å². The molecule has 6 nitrogen and oxygen atoms in total. The molecule has 0 fully saturated rings. The standard InChI is InChI=1S/C24H22ClN3O3S/c1-14-13-26-12-11-19(14)28-22(29)20-17(25)9-10-18(21(20)23(28)30)27-32(31)16-7-5-15(6-8-16)24(2,3)4/h5-13,27H,1-4H3. The molecular formula is C24H22ClN3O3S. The lowest BCUT2D eigenvalue weighted by Gasteiger charge is -2.19. The maximum atomic E-state index is 13.3. The molecule has 1 unspecified atom stereocenters. The zero-order valence-corrected chi connectivity index (χ0v) is 19.7. The maximum Gasteiger partial charge on any atom is 0.268 e. The Bertz CT molecular complexity index is 1220. The van der Waals surface area contributed by atoms with Gasteiger partial charge >= 0.3 is 0 Å². The second kappa shape index (κ2) is 8.24. The number of pyridine rings is 1. The van der Waals surface area contributed by atoms with Gasteiger partial charge in [-0.15, -0.1) is 0 Å². The fourth-order valence-electron chi connectivity index (χ4n) is 3.58. The Morgan fingerprint density at radius 3 is 2.28 bits per heavy atom. The predicted molar refractivity (Wildman–Crippen MR) is 127 cm³/mol. The first-order valence-electron chi connectivity index (χ1n) is 10.0. The van der Waals surface area contributed by atoms with Crippen LogP contribution in [0.3, 0.4) is 0 Å². The van der Waals surface area contributed by atoms with Crippen LogP contribution in [-0.4, -0.2) is 21.4 Å². The minimum absolute atomic E-state index is 0.0220. The average molecular weight is 468 g/mol. The fraction of sp³-hybridized carbons (Fsp3) is 0.208. The molecule has 164 valence electrons. The van der Waals surface area contributed by atoms with E-state index in [2.05, 4.69) is 30.5 Å². The normalized spacial score (nSPS) is 14.5. The molecule has 0 bridgehead atoms. The van der Waals surface area contributed by atoms with Crippen molar-refractivity contribution in [3.63, 3.8) is 0 Å². The Balaban J connectivity index is 1.69. The Hall–Kier alpha value is -2.87. The van der Waals surface area contributed by atoms with Crippen LogP contribution in [0, 0.1) is 6.92 Å². The summed E-state index contributed by atoms with van der Waals surface area (Å²) in [6.45, 7) is 8.08. The van der Waals surface area contributed by atoms with Gasteiger partial charge in [0.15, 0.2) is 4.90 Å². The number of hydrogen-bond acceptors (Lipinski definition) is 5. The number of imide groups is 1. The molecule has 2 aromatic carbocycles. The number of nitrogens with one attached hydrogen (secondary N) is 1. The number of anilines is 2. The summed E-state index contributed by atoms with van der Waals surface area (Å²) < 4.78 is 15.9. The van der Waals surface area contributed by atoms with Gasteiger partial charge in [-0.05, 0) is 53.8 Å². The Morgan fingerprint density at radius 2 is 1.66 bits per heavy atom. The van der Waals surface area contributed by atoms with Crippen molar-refractivity contribution in [2.45, 2.75) is 38.0 Å². The van der Waals surface area contributed by atoms with Gasteiger partial charge in [-0.2, -0.15) is 0 Å². The largest absolute Gasteiger partial charge is 0.588 e. The summed E-state index contributed by atoms with van der Waals surface area (Å²) in [6, 6.07) is 12.1. The lowest BCUT2D eigenvalue weighted by atomic mass is 9.87. The van der Waals surface area contributed by atoms with Crippen LogP contribution in [0.2, 0.25) is 5.02 Å². The third-order valence-electron chi connectivity index (χ3n) is 5.36. The van der Waals surface area contributed by atoms with Crippen LogP contribution in [0.5, 0.6) is 0 Å². The first kappa shape index (κ1) is 22.3. The van der Waals surface area contributed by atoms with Gasteiger partial charge < -0.3 is 4.55 Å². The number of halogens is 1. The van der Waals surface area contributed by atoms with E-state index in [0.29, 0.717) is 16.1 Å². The number of fused-ring (bicyclic) bond motifs is 1. The Kier molecular flexibility index (Phi) is 5.75. The van der Waals surface area contributed by atoms with Crippen LogP contribution in [0.15, 0.2) is 59.8 Å². The number of amides is 2. The molecule has 1 aromatic heterocycles. The van der Waals surface area contributed by atoms with Crippen LogP contribution in [0.4, 0.5) is 11.4 Å². The van der Waals surface area contributed by atoms with E-state index in [1.54, 1.807) is 37.4 Å². The van der Waals surface area contributed by atoms with Gasteiger partial charge in [-0.1, -0.05) is 44.5 Å². The molecule has 1 atom stereocenters. The molecule has 4 rings (SSSR count). The minimum atomic E-state index is -1.64. The van der Waals surface area contributed by atoms with E-state index in [4.69, 9.17) is 11.6 Å². The smallest absolute Gasteiger partial charge is 0.268 e. The lowest BCUT2D eigenvalue weighted by molar-refractivity contribution is 0.0926. The molecule has 0 radical (unpaired) electrons. The van der Waals surface area contributed by atoms with Crippen molar-refractivity contribution in [2.75, 3.05) is 9.62 Å². The second-order valence-electron chi connectivity index (χ2n) is 8.60. The predicted octanol–water partition coefficient (Wildman–Crippen LogP) is 5.28. The molecular weight excluding hydrogens is 446 g/mol. The summed E-state index contributed by atoms with van der Waals surface area (Å²) in [5.41, 5.74) is 2.70. The second-order valence-corrected chi connectivity index (χ2v) is 10.2. The van der Waals surface area contributed by atoms with Crippen molar-refractivity contribution >= 4 is 46.2 Å². The van der Waals surface area contributed by atoms with Crippen LogP contribution >= 0.6 is 11.6 Å². The summed E-state index contributed by atoms with van der Waals surface area (Å²) in [6.07, 6.45) is 3.10. The van der Waals surface area contributed by atoms with Crippen LogP contribution in [0.1, 0.15) is 52.6 Å². The molecule has 0 saturated carbocycles. The summed E-state index contributed by atoms with van der Waals surface area (Å²) >= 11 is 4.65. The highest BCUT2D eigenvalue weighted by molar-refractivity contribution is 7.92. The molecule has 1 aliphatic rings. The van der Waals surface area contributed by atoms with E-state index < -0.39 is 23.2 Å². The Labute approximate surface area is 194 Å². The van der Waals surface area contributed by atoms with Gasteiger partial charge in [0.1, 0.15) is 11.4 Å². The molecule has 8 heteroatoms. The lowest BCUT2D eigenvalue weighted by Crippen LogP contribution is -2.30. The highest BCUT2D eigenvalue weighted by atomic mass is 35.5. The number of benzene rings is 2. The van der Waals surface area contributed by atoms with Gasteiger partial charge in [-0.25, -0.2) is 9.62 Å². The number of aryl methyl sites for hydroxylation is 1. The van der Waals surface area contributed by atoms with Crippen LogP contribution < -0.4 is 9.62 Å². The van der Waals surface area contributed by atoms with Crippen molar-refractivity contribution in [1.29, 1.82) is 0 Å². The van der Waals surface area contributed by atoms with E-state index >= 15 is 0 Å². The monoisotopic (exact) mass is 467 g/mol. The summed E-state index contributed by atoms with van der Waals surface area (Å²) in [7, 11) is 0. The van der Waals surface area contributed by atoms with E-state index in [1.165, 1.54) is 12.3 Å². The highest BCUT2D eigenvalue weighted by Crippen LogP contribution is 2.38. The van der Waals surface area contributed by atoms with E-state index in [0.717, 1.165) is 10.5 Å². The highest BCUT2D eigenvalue weighted by Gasteiger charge is 2.41. The van der Waals surface area contributed by atoms with Crippen molar-refractivity contribution in [1.82, 2.24) is 4.98 Å². The number of carbonyl (C=O) groups excluding carboxylic acids is 2. The number of aromatic nitrogens is 1. The maximum absolute atomic E-state index is 13.3. The topological polar surface area (TPSA) is 85.4 Å². The summed E-state index contributed by atoms with van der Waals surface area (Å²) in [4.78, 5) is 32.1. The minimum Gasteiger partial charge on any atom is -0.588 e. The molecule has 1 N–H and O–H groups in total. The molecule has 0 aliphatic carbocycles. The SMILES string of the molecule is Cc1cnccc1N1C(=O)c2c(Cl)ccc(N[S+]([O-])c3ccc(C(C)(C)C)cc3)c2C1=O. The molecule has 0 saturated heterocycles. The molecule has 0 spiro atoms. The first-order valence-corrected chi connectivity index (χ1v) is 11.5. The fourth-order valence-corrected chi connectivity index (χ4v) is 4.69. The average Bonchev–Trinajstić information content (AvgIpc) is 3.01. The zero-order chi connectivity index (χ0) is 23.2. The van der Waals surface area contributed by atoms with Crippen molar-refractivity contribution in [2.24, 2.45) is 0 Å². The Morgan fingerprint density at radius 1 is 1.00 bits per heavy atom. The number of nitrogens with zero attached hydrogens (tertiary/aromatic N) is 2. The molecule has 32 heavy (non-hydrogen) atoms. The van der Waals surface area contributed by atoms with Crippen molar-refractivity contribution in [3.8, 4) is 0 Å². The zero-order valence-electron chi connectivity index (χ0n) is 18.1. The van der Waals surface area contributed by atoms with Crippen molar-refractivity contribution in [3.05, 3.63) is 82.1 Å². The molecule has 1 aliphatic heterocycles. The van der Waals surface area contributed by atoms with Gasteiger partial charge in [0.2, 0.25) is 0 Å². The number of carbonyl (C=O) groups is 2. The number of rotatable bonds is 4. The number of hydrogen-bond donors (Lipinski definition) is 1. The summed E-state index contributed by atoms with van der Waals surface area (Å²) in [5, 5.41) is 0.165. The quantitative estimate of drug-likeness (QED) is 0.417. The van der Waals surface area contributed by atoms with E-state index in [9.17, 15) is 14.1 Å². The van der Waals surface area contributed by atoms with E-state index in [-0.39, 0.29) is 27.3 Å². The third-order valence-corrected chi connectivity index (χ3v) is 6.78. The summed E-state index contributed by atoms with van der Waals surface area (Å²) in [5.74, 6) is -1.04. The van der Waals surface area contributed by atoms with Gasteiger partial charge in [0.25, 0.3) is 11.8 Å². The van der Waals surface area contributed by atoms with Crippen LogP contribution in [0.25, 0.3) is 0 Å². The first-order chi connectivity index (χ1) is 15.1. The molecule has 2 heterocycles. The van der Waals surface area contributed by atoms with Crippen LogP contribution in [-0.2, 0) is 16.8 Å². The van der Waals surface area contributed by atoms with Gasteiger partial charge in [0.05, 0.1) is 27.5 Å².